The monoisotopic (exact) mass is 942 g/mol. The zero-order chi connectivity index (χ0) is 48.7. The molecule has 0 N–H and O–H groups in total. The zero-order valence-electron chi connectivity index (χ0n) is 40.3. The van der Waals surface area contributed by atoms with Crippen LogP contribution in [0.5, 0.6) is 0 Å². The second-order valence-corrected chi connectivity index (χ2v) is 19.4. The Kier molecular flexibility index (Phi) is 9.54. The Labute approximate surface area is 428 Å². The maximum absolute atomic E-state index is 2.46. The molecule has 0 bridgehead atoms. The molecule has 0 atom stereocenters. The first-order valence-corrected chi connectivity index (χ1v) is 25.4. The topological polar surface area (TPSA) is 19.7 Å². The van der Waals surface area contributed by atoms with Crippen molar-refractivity contribution < 1.29 is 0 Å². The number of nitrogens with zero attached hydrogens (tertiary/aromatic N) is 4. The molecule has 0 aliphatic rings. The van der Waals surface area contributed by atoms with Gasteiger partial charge in [-0.05, 0) is 143 Å². The van der Waals surface area contributed by atoms with Crippen molar-refractivity contribution in [2.45, 2.75) is 0 Å². The lowest BCUT2D eigenvalue weighted by atomic mass is 10.0. The summed E-state index contributed by atoms with van der Waals surface area (Å²) in [5.41, 5.74) is 20.9. The molecule has 4 aromatic heterocycles. The van der Waals surface area contributed by atoms with Crippen molar-refractivity contribution in [2.75, 3.05) is 0 Å². The minimum absolute atomic E-state index is 1.10. The predicted octanol–water partition coefficient (Wildman–Crippen LogP) is 18.4. The molecule has 0 amide bonds. The molecule has 0 aliphatic heterocycles. The average molecular weight is 943 g/mol. The molecule has 0 unspecified atom stereocenters. The molecular formula is C70H46N4. The van der Waals surface area contributed by atoms with Crippen LogP contribution < -0.4 is 0 Å². The Balaban J connectivity index is 0.940. The summed E-state index contributed by atoms with van der Waals surface area (Å²) >= 11 is 0. The molecular weight excluding hydrogens is 897 g/mol. The van der Waals surface area contributed by atoms with Crippen molar-refractivity contribution in [2.24, 2.45) is 0 Å². The highest BCUT2D eigenvalue weighted by atomic mass is 15.0. The van der Waals surface area contributed by atoms with E-state index in [2.05, 4.69) is 297 Å². The van der Waals surface area contributed by atoms with Gasteiger partial charge in [-0.15, -0.1) is 0 Å². The Morgan fingerprint density at radius 1 is 0.176 bits per heavy atom. The van der Waals surface area contributed by atoms with E-state index in [-0.39, 0.29) is 0 Å². The van der Waals surface area contributed by atoms with Crippen LogP contribution in [-0.4, -0.2) is 18.3 Å². The van der Waals surface area contributed by atoms with Gasteiger partial charge in [0.25, 0.3) is 0 Å². The van der Waals surface area contributed by atoms with E-state index in [4.69, 9.17) is 0 Å². The van der Waals surface area contributed by atoms with Crippen LogP contribution in [0.3, 0.4) is 0 Å². The van der Waals surface area contributed by atoms with Crippen molar-refractivity contribution in [1.29, 1.82) is 0 Å². The van der Waals surface area contributed by atoms with Crippen LogP contribution in [0.25, 0.3) is 133 Å². The quantitative estimate of drug-likeness (QED) is 0.145. The summed E-state index contributed by atoms with van der Waals surface area (Å²) in [6.45, 7) is 0. The Morgan fingerprint density at radius 3 is 0.811 bits per heavy atom. The number of hydrogen-bond acceptors (Lipinski definition) is 0. The molecule has 0 aliphatic carbocycles. The lowest BCUT2D eigenvalue weighted by Crippen LogP contribution is -2.00. The highest BCUT2D eigenvalue weighted by Crippen LogP contribution is 2.41. The van der Waals surface area contributed by atoms with Crippen molar-refractivity contribution in [3.8, 4) is 67.5 Å². The molecule has 0 fully saturated rings. The fraction of sp³-hybridized carbons (Fsp3) is 0. The van der Waals surface area contributed by atoms with E-state index in [0.717, 1.165) is 67.1 Å². The number of para-hydroxylation sites is 4. The first kappa shape index (κ1) is 41.8. The van der Waals surface area contributed by atoms with Gasteiger partial charge in [-0.3, -0.25) is 0 Å². The third-order valence-electron chi connectivity index (χ3n) is 15.1. The lowest BCUT2D eigenvalue weighted by molar-refractivity contribution is 1.11. The van der Waals surface area contributed by atoms with Gasteiger partial charge >= 0.3 is 0 Å². The van der Waals surface area contributed by atoms with Crippen LogP contribution in [0.4, 0.5) is 0 Å². The van der Waals surface area contributed by atoms with E-state index in [1.165, 1.54) is 65.9 Å². The van der Waals surface area contributed by atoms with Crippen LogP contribution in [0.1, 0.15) is 0 Å². The predicted molar refractivity (Wildman–Crippen MR) is 311 cm³/mol. The van der Waals surface area contributed by atoms with E-state index in [0.29, 0.717) is 0 Å². The van der Waals surface area contributed by atoms with Gasteiger partial charge in [-0.1, -0.05) is 170 Å². The molecule has 4 nitrogen and oxygen atoms in total. The van der Waals surface area contributed by atoms with Crippen LogP contribution in [0.2, 0.25) is 0 Å². The standard InChI is InChI=1S/C70H46N4/c1-3-17-47(18-4-1)49-21-15-23-51(41-49)67-43-53-45-70-54(46-69(53)73(67)57-37-33-55(34-38-57)71-63-29-11-7-25-59(63)60-26-8-12-30-64(60)71)44-68(52-24-16-22-50(42-52)48-19-5-2-6-20-48)74(70)58-39-35-56(36-40-58)72-65-31-13-9-27-61(65)62-28-10-14-32-66(62)72/h1-46H. The van der Waals surface area contributed by atoms with Gasteiger partial charge in [0.15, 0.2) is 0 Å². The summed E-state index contributed by atoms with van der Waals surface area (Å²) in [6.07, 6.45) is 0. The second-order valence-electron chi connectivity index (χ2n) is 19.4. The lowest BCUT2D eigenvalue weighted by Gasteiger charge is -2.15. The summed E-state index contributed by atoms with van der Waals surface area (Å²) in [5.74, 6) is 0. The number of hydrogen-bond donors (Lipinski definition) is 0. The molecule has 0 saturated carbocycles. The van der Waals surface area contributed by atoms with E-state index < -0.39 is 0 Å². The molecule has 0 radical (unpaired) electrons. The first-order chi connectivity index (χ1) is 36.7. The summed E-state index contributed by atoms with van der Waals surface area (Å²) in [6, 6.07) is 102. The maximum Gasteiger partial charge on any atom is 0.0542 e. The maximum atomic E-state index is 2.46. The van der Waals surface area contributed by atoms with Crippen LogP contribution in [-0.2, 0) is 0 Å². The SMILES string of the molecule is c1ccc(-c2cccc(-c3cc4cc5c(cc(-c6cccc(-c7ccccc7)c6)n5-c5ccc(-n6c7ccccc7c7ccccc76)cc5)cc4n3-c3ccc(-n4c5ccccc5c5ccccc54)cc3)c2)cc1. The Morgan fingerprint density at radius 2 is 0.459 bits per heavy atom. The first-order valence-electron chi connectivity index (χ1n) is 25.4. The highest BCUT2D eigenvalue weighted by molar-refractivity contribution is 6.10. The third-order valence-corrected chi connectivity index (χ3v) is 15.1. The van der Waals surface area contributed by atoms with E-state index >= 15 is 0 Å². The molecule has 346 valence electrons. The number of aromatic nitrogens is 4. The van der Waals surface area contributed by atoms with Gasteiger partial charge < -0.3 is 18.3 Å². The van der Waals surface area contributed by atoms with Gasteiger partial charge in [0, 0.05) is 55.1 Å². The summed E-state index contributed by atoms with van der Waals surface area (Å²) in [4.78, 5) is 0. The number of fused-ring (bicyclic) bond motifs is 8. The van der Waals surface area contributed by atoms with Crippen molar-refractivity contribution in [1.82, 2.24) is 18.3 Å². The smallest absolute Gasteiger partial charge is 0.0542 e. The van der Waals surface area contributed by atoms with Gasteiger partial charge in [-0.25, -0.2) is 0 Å². The molecule has 15 rings (SSSR count). The highest BCUT2D eigenvalue weighted by Gasteiger charge is 2.21. The third kappa shape index (κ3) is 6.69. The van der Waals surface area contributed by atoms with Crippen LogP contribution in [0, 0.1) is 0 Å². The fourth-order valence-corrected chi connectivity index (χ4v) is 11.8. The minimum atomic E-state index is 1.10. The summed E-state index contributed by atoms with van der Waals surface area (Å²) in [7, 11) is 0. The second kappa shape index (κ2) is 16.9. The van der Waals surface area contributed by atoms with E-state index in [1.54, 1.807) is 0 Å². The van der Waals surface area contributed by atoms with Gasteiger partial charge in [0.2, 0.25) is 0 Å². The van der Waals surface area contributed by atoms with Gasteiger partial charge in [-0.2, -0.15) is 0 Å². The van der Waals surface area contributed by atoms with Gasteiger partial charge in [0.05, 0.1) is 44.5 Å². The number of rotatable bonds is 8. The van der Waals surface area contributed by atoms with Crippen LogP contribution in [0.15, 0.2) is 279 Å². The molecule has 4 heterocycles. The van der Waals surface area contributed by atoms with E-state index in [9.17, 15) is 0 Å². The Bertz CT molecular complexity index is 4220. The molecule has 4 heteroatoms. The van der Waals surface area contributed by atoms with Gasteiger partial charge in [0.1, 0.15) is 0 Å². The van der Waals surface area contributed by atoms with Crippen molar-refractivity contribution >= 4 is 65.4 Å². The minimum Gasteiger partial charge on any atom is -0.309 e. The molecule has 15 aromatic rings. The summed E-state index contributed by atoms with van der Waals surface area (Å²) < 4.78 is 9.70. The van der Waals surface area contributed by atoms with Crippen molar-refractivity contribution in [3.63, 3.8) is 0 Å². The molecule has 74 heavy (non-hydrogen) atoms. The zero-order valence-corrected chi connectivity index (χ0v) is 40.3. The van der Waals surface area contributed by atoms with E-state index in [1.807, 2.05) is 0 Å². The normalized spacial score (nSPS) is 11.8. The molecule has 0 spiro atoms. The summed E-state index contributed by atoms with van der Waals surface area (Å²) in [5, 5.41) is 7.34. The molecule has 0 saturated heterocycles. The fourth-order valence-electron chi connectivity index (χ4n) is 11.8. The average Bonchev–Trinajstić information content (AvgIpc) is 4.23. The molecule has 11 aromatic carbocycles. The van der Waals surface area contributed by atoms with Crippen LogP contribution >= 0.6 is 0 Å². The van der Waals surface area contributed by atoms with Crippen molar-refractivity contribution in [3.05, 3.63) is 279 Å². The number of benzene rings is 11. The largest absolute Gasteiger partial charge is 0.309 e. The Hall–Kier alpha value is -9.90.